The highest BCUT2D eigenvalue weighted by Crippen LogP contribution is 2.26. The highest BCUT2D eigenvalue weighted by atomic mass is 127. The van der Waals surface area contributed by atoms with Gasteiger partial charge < -0.3 is 15.7 Å². The first-order chi connectivity index (χ1) is 9.52. The van der Waals surface area contributed by atoms with Crippen molar-refractivity contribution in [3.8, 4) is 0 Å². The van der Waals surface area contributed by atoms with E-state index in [9.17, 15) is 5.11 Å². The number of aryl methyl sites for hydroxylation is 2. The van der Waals surface area contributed by atoms with E-state index in [1.54, 1.807) is 30.1 Å². The van der Waals surface area contributed by atoms with E-state index in [4.69, 9.17) is 0 Å². The van der Waals surface area contributed by atoms with Gasteiger partial charge in [-0.2, -0.15) is 11.8 Å². The molecule has 0 aliphatic carbocycles. The number of hydrogen-bond acceptors (Lipinski definition) is 5. The summed E-state index contributed by atoms with van der Waals surface area (Å²) in [4.78, 5) is 9.83. The molecule has 2 heterocycles. The van der Waals surface area contributed by atoms with E-state index >= 15 is 0 Å². The first-order valence-corrected chi connectivity index (χ1v) is 8.67. The number of aromatic nitrogens is 1. The minimum absolute atomic E-state index is 0. The molecule has 0 aromatic carbocycles. The van der Waals surface area contributed by atoms with E-state index in [1.165, 1.54) is 4.88 Å². The molecule has 2 rings (SSSR count). The van der Waals surface area contributed by atoms with Crippen LogP contribution in [0.1, 0.15) is 22.0 Å². The molecule has 3 N–H and O–H groups in total. The molecule has 1 aromatic rings. The van der Waals surface area contributed by atoms with E-state index in [0.717, 1.165) is 34.6 Å². The summed E-state index contributed by atoms with van der Waals surface area (Å²) in [6, 6.07) is 0. The zero-order chi connectivity index (χ0) is 14.6. The van der Waals surface area contributed by atoms with Crippen molar-refractivity contribution in [3.63, 3.8) is 0 Å². The van der Waals surface area contributed by atoms with Gasteiger partial charge in [-0.15, -0.1) is 35.3 Å². The zero-order valence-electron chi connectivity index (χ0n) is 12.6. The average molecular weight is 442 g/mol. The second kappa shape index (κ2) is 8.54. The van der Waals surface area contributed by atoms with Gasteiger partial charge in [-0.1, -0.05) is 0 Å². The van der Waals surface area contributed by atoms with Gasteiger partial charge in [0, 0.05) is 24.2 Å². The van der Waals surface area contributed by atoms with Crippen molar-refractivity contribution in [2.75, 3.05) is 25.1 Å². The van der Waals surface area contributed by atoms with Crippen LogP contribution in [-0.4, -0.2) is 46.7 Å². The van der Waals surface area contributed by atoms with Crippen molar-refractivity contribution in [3.05, 3.63) is 15.6 Å². The molecule has 120 valence electrons. The Bertz CT molecular complexity index is 487. The number of halogens is 1. The summed E-state index contributed by atoms with van der Waals surface area (Å²) in [5.41, 5.74) is 0.473. The summed E-state index contributed by atoms with van der Waals surface area (Å²) < 4.78 is 0. The Morgan fingerprint density at radius 1 is 1.43 bits per heavy atom. The lowest BCUT2D eigenvalue weighted by Gasteiger charge is -2.23. The summed E-state index contributed by atoms with van der Waals surface area (Å²) in [5.74, 6) is 2.55. The number of aliphatic hydroxyl groups is 1. The van der Waals surface area contributed by atoms with Crippen molar-refractivity contribution in [2.24, 2.45) is 4.99 Å². The monoisotopic (exact) mass is 442 g/mol. The lowest BCUT2D eigenvalue weighted by Crippen LogP contribution is -2.47. The Balaban J connectivity index is 0.00000220. The van der Waals surface area contributed by atoms with Gasteiger partial charge in [0.25, 0.3) is 0 Å². The lowest BCUT2D eigenvalue weighted by molar-refractivity contribution is 0.0724. The maximum Gasteiger partial charge on any atom is 0.191 e. The second-order valence-corrected chi connectivity index (χ2v) is 7.44. The molecule has 0 radical (unpaired) electrons. The maximum absolute atomic E-state index is 10.3. The SMILES string of the molecule is CN=C(NCc1sc(C)nc1C)NCC1(O)CCSC1.I. The van der Waals surface area contributed by atoms with E-state index < -0.39 is 5.60 Å². The molecule has 0 amide bonds. The predicted molar refractivity (Wildman–Crippen MR) is 102 cm³/mol. The fraction of sp³-hybridized carbons (Fsp3) is 0.692. The van der Waals surface area contributed by atoms with Crippen molar-refractivity contribution in [2.45, 2.75) is 32.4 Å². The van der Waals surface area contributed by atoms with E-state index in [0.29, 0.717) is 13.1 Å². The third-order valence-electron chi connectivity index (χ3n) is 3.31. The molecule has 0 spiro atoms. The summed E-state index contributed by atoms with van der Waals surface area (Å²) in [6.07, 6.45) is 0.842. The quantitative estimate of drug-likeness (QED) is 0.378. The number of thioether (sulfide) groups is 1. The Kier molecular flexibility index (Phi) is 7.72. The Hall–Kier alpha value is -0.0600. The number of guanidine groups is 1. The molecule has 0 saturated carbocycles. The lowest BCUT2D eigenvalue weighted by atomic mass is 10.0. The third kappa shape index (κ3) is 5.57. The van der Waals surface area contributed by atoms with Gasteiger partial charge in [0.15, 0.2) is 5.96 Å². The van der Waals surface area contributed by atoms with Crippen molar-refractivity contribution >= 4 is 53.0 Å². The minimum atomic E-state index is -0.598. The molecular formula is C13H23IN4OS2. The molecule has 1 aliphatic heterocycles. The van der Waals surface area contributed by atoms with Gasteiger partial charge in [-0.05, 0) is 26.0 Å². The summed E-state index contributed by atoms with van der Waals surface area (Å²) in [6.45, 7) is 5.29. The zero-order valence-corrected chi connectivity index (χ0v) is 16.6. The molecule has 1 aliphatic rings. The fourth-order valence-electron chi connectivity index (χ4n) is 2.11. The van der Waals surface area contributed by atoms with Crippen LogP contribution in [0.3, 0.4) is 0 Å². The van der Waals surface area contributed by atoms with Gasteiger partial charge in [0.05, 0.1) is 22.8 Å². The average Bonchev–Trinajstić information content (AvgIpc) is 2.97. The van der Waals surface area contributed by atoms with Gasteiger partial charge in [-0.25, -0.2) is 4.98 Å². The molecule has 21 heavy (non-hydrogen) atoms. The van der Waals surface area contributed by atoms with Crippen LogP contribution in [-0.2, 0) is 6.54 Å². The molecule has 5 nitrogen and oxygen atoms in total. The van der Waals surface area contributed by atoms with Crippen LogP contribution in [0.15, 0.2) is 4.99 Å². The van der Waals surface area contributed by atoms with Crippen molar-refractivity contribution in [1.82, 2.24) is 15.6 Å². The number of hydrogen-bond donors (Lipinski definition) is 3. The van der Waals surface area contributed by atoms with Crippen molar-refractivity contribution in [1.29, 1.82) is 0 Å². The summed E-state index contributed by atoms with van der Waals surface area (Å²) >= 11 is 3.50. The standard InChI is InChI=1S/C13H22N4OS2.HI/c1-9-11(20-10(2)17-9)6-15-12(14-3)16-7-13(18)4-5-19-8-13;/h18H,4-8H2,1-3H3,(H2,14,15,16);1H. The van der Waals surface area contributed by atoms with Crippen LogP contribution in [0.25, 0.3) is 0 Å². The molecule has 1 saturated heterocycles. The molecule has 1 aromatic heterocycles. The summed E-state index contributed by atoms with van der Waals surface area (Å²) in [7, 11) is 1.74. The Labute approximate surface area is 151 Å². The third-order valence-corrected chi connectivity index (χ3v) is 5.61. The largest absolute Gasteiger partial charge is 0.387 e. The number of aliphatic imine (C=N–C) groups is 1. The second-order valence-electron chi connectivity index (χ2n) is 5.05. The van der Waals surface area contributed by atoms with Gasteiger partial charge in [0.2, 0.25) is 0 Å². The van der Waals surface area contributed by atoms with Crippen LogP contribution in [0, 0.1) is 13.8 Å². The molecular weight excluding hydrogens is 419 g/mol. The molecule has 8 heteroatoms. The predicted octanol–water partition coefficient (Wildman–Crippen LogP) is 1.91. The smallest absolute Gasteiger partial charge is 0.191 e. The van der Waals surface area contributed by atoms with E-state index in [-0.39, 0.29) is 24.0 Å². The molecule has 1 fully saturated rings. The van der Waals surface area contributed by atoms with Gasteiger partial charge in [0.1, 0.15) is 0 Å². The van der Waals surface area contributed by atoms with E-state index in [2.05, 4.69) is 20.6 Å². The first kappa shape index (κ1) is 19.0. The first-order valence-electron chi connectivity index (χ1n) is 6.70. The molecule has 1 atom stereocenters. The highest BCUT2D eigenvalue weighted by Gasteiger charge is 2.31. The summed E-state index contributed by atoms with van der Waals surface area (Å²) in [5, 5.41) is 17.9. The van der Waals surface area contributed by atoms with Crippen LogP contribution in [0.2, 0.25) is 0 Å². The maximum atomic E-state index is 10.3. The van der Waals surface area contributed by atoms with Crippen LogP contribution < -0.4 is 10.6 Å². The Morgan fingerprint density at radius 2 is 2.19 bits per heavy atom. The topological polar surface area (TPSA) is 69.5 Å². The molecule has 1 unspecified atom stereocenters. The highest BCUT2D eigenvalue weighted by molar-refractivity contribution is 14.0. The van der Waals surface area contributed by atoms with Crippen LogP contribution in [0.5, 0.6) is 0 Å². The minimum Gasteiger partial charge on any atom is -0.387 e. The Morgan fingerprint density at radius 3 is 2.71 bits per heavy atom. The number of nitrogens with zero attached hydrogens (tertiary/aromatic N) is 2. The van der Waals surface area contributed by atoms with E-state index in [1.807, 2.05) is 13.8 Å². The normalized spacial score (nSPS) is 22.0. The number of nitrogens with one attached hydrogen (secondary N) is 2. The van der Waals surface area contributed by atoms with Crippen LogP contribution in [0.4, 0.5) is 0 Å². The van der Waals surface area contributed by atoms with Gasteiger partial charge >= 0.3 is 0 Å². The number of rotatable bonds is 4. The number of thiazole rings is 1. The molecule has 0 bridgehead atoms. The van der Waals surface area contributed by atoms with Crippen molar-refractivity contribution < 1.29 is 5.11 Å². The van der Waals surface area contributed by atoms with Crippen LogP contribution >= 0.6 is 47.1 Å². The van der Waals surface area contributed by atoms with Gasteiger partial charge in [-0.3, -0.25) is 4.99 Å². The fourth-order valence-corrected chi connectivity index (χ4v) is 4.28.